The topological polar surface area (TPSA) is 52.6 Å². The van der Waals surface area contributed by atoms with Gasteiger partial charge in [-0.3, -0.25) is 4.79 Å². The third-order valence-electron chi connectivity index (χ3n) is 3.26. The maximum absolute atomic E-state index is 11.7. The van der Waals surface area contributed by atoms with Gasteiger partial charge in [0.15, 0.2) is 6.10 Å². The van der Waals surface area contributed by atoms with Crippen molar-refractivity contribution >= 4 is 11.9 Å². The number of aryl methyl sites for hydroxylation is 1. The molecule has 0 saturated carbocycles. The molecule has 102 valence electrons. The monoisotopic (exact) mass is 262 g/mol. The quantitative estimate of drug-likeness (QED) is 0.763. The van der Waals surface area contributed by atoms with Crippen LogP contribution in [0.15, 0.2) is 30.3 Å². The molecule has 4 nitrogen and oxygen atoms in total. The van der Waals surface area contributed by atoms with Gasteiger partial charge in [0, 0.05) is 6.42 Å². The van der Waals surface area contributed by atoms with E-state index in [9.17, 15) is 9.59 Å². The fourth-order valence-corrected chi connectivity index (χ4v) is 2.24. The molecular formula is C15H18O4. The first kappa shape index (κ1) is 13.6. The maximum atomic E-state index is 11.7. The highest BCUT2D eigenvalue weighted by Gasteiger charge is 2.38. The Kier molecular flexibility index (Phi) is 4.55. The average molecular weight is 262 g/mol. The molecule has 1 saturated heterocycles. The van der Waals surface area contributed by atoms with Gasteiger partial charge in [-0.15, -0.1) is 0 Å². The molecule has 1 fully saturated rings. The first-order chi connectivity index (χ1) is 9.20. The van der Waals surface area contributed by atoms with Gasteiger partial charge in [-0.25, -0.2) is 4.79 Å². The van der Waals surface area contributed by atoms with Crippen LogP contribution in [0, 0.1) is 5.92 Å². The van der Waals surface area contributed by atoms with Gasteiger partial charge in [-0.1, -0.05) is 30.3 Å². The molecular weight excluding hydrogens is 244 g/mol. The van der Waals surface area contributed by atoms with E-state index in [-0.39, 0.29) is 11.9 Å². The molecule has 0 spiro atoms. The van der Waals surface area contributed by atoms with Gasteiger partial charge >= 0.3 is 11.9 Å². The molecule has 1 heterocycles. The van der Waals surface area contributed by atoms with E-state index < -0.39 is 12.1 Å². The number of hydrogen-bond acceptors (Lipinski definition) is 4. The van der Waals surface area contributed by atoms with Gasteiger partial charge in [0.2, 0.25) is 0 Å². The lowest BCUT2D eigenvalue weighted by Crippen LogP contribution is -2.22. The van der Waals surface area contributed by atoms with E-state index in [0.29, 0.717) is 19.4 Å². The minimum atomic E-state index is -0.715. The van der Waals surface area contributed by atoms with Crippen molar-refractivity contribution in [2.75, 3.05) is 6.61 Å². The molecule has 1 aromatic carbocycles. The lowest BCUT2D eigenvalue weighted by molar-refractivity contribution is -0.161. The van der Waals surface area contributed by atoms with Gasteiger partial charge < -0.3 is 9.47 Å². The molecule has 0 aliphatic carbocycles. The van der Waals surface area contributed by atoms with Crippen molar-refractivity contribution in [2.45, 2.75) is 32.3 Å². The van der Waals surface area contributed by atoms with Crippen LogP contribution in [0.5, 0.6) is 0 Å². The minimum absolute atomic E-state index is 0.199. The summed E-state index contributed by atoms with van der Waals surface area (Å²) >= 11 is 0. The number of carbonyl (C=O) groups is 2. The van der Waals surface area contributed by atoms with E-state index in [2.05, 4.69) is 0 Å². The van der Waals surface area contributed by atoms with Gasteiger partial charge in [0.25, 0.3) is 0 Å². The Balaban J connectivity index is 1.85. The zero-order chi connectivity index (χ0) is 13.7. The average Bonchev–Trinajstić information content (AvgIpc) is 2.79. The van der Waals surface area contributed by atoms with Crippen molar-refractivity contribution in [3.8, 4) is 0 Å². The van der Waals surface area contributed by atoms with Crippen LogP contribution in [0.4, 0.5) is 0 Å². The summed E-state index contributed by atoms with van der Waals surface area (Å²) in [5.74, 6) is -0.915. The zero-order valence-corrected chi connectivity index (χ0v) is 11.0. The van der Waals surface area contributed by atoms with E-state index in [1.807, 2.05) is 30.3 Å². The Labute approximate surface area is 112 Å². The molecule has 0 aromatic heterocycles. The standard InChI is InChI=1S/C15H18O4/c1-2-18-15(17)13-10-12(14(16)19-13)9-8-11-6-4-3-5-7-11/h3-7,12-13H,2,8-10H2,1H3/t12-,13-/m1/s1. The maximum Gasteiger partial charge on any atom is 0.347 e. The van der Waals surface area contributed by atoms with Crippen LogP contribution in [0.25, 0.3) is 0 Å². The molecule has 2 atom stereocenters. The smallest absolute Gasteiger partial charge is 0.347 e. The predicted octanol–water partition coefficient (Wildman–Crippen LogP) is 2.11. The van der Waals surface area contributed by atoms with Crippen LogP contribution in [-0.4, -0.2) is 24.6 Å². The molecule has 0 N–H and O–H groups in total. The molecule has 0 unspecified atom stereocenters. The lowest BCUT2D eigenvalue weighted by atomic mass is 9.96. The van der Waals surface area contributed by atoms with Crippen molar-refractivity contribution in [1.82, 2.24) is 0 Å². The molecule has 4 heteroatoms. The van der Waals surface area contributed by atoms with Crippen LogP contribution >= 0.6 is 0 Å². The largest absolute Gasteiger partial charge is 0.463 e. The summed E-state index contributed by atoms with van der Waals surface area (Å²) in [5.41, 5.74) is 1.19. The molecule has 19 heavy (non-hydrogen) atoms. The second kappa shape index (κ2) is 6.36. The van der Waals surface area contributed by atoms with Crippen LogP contribution in [-0.2, 0) is 25.5 Å². The molecule has 1 aliphatic heterocycles. The fraction of sp³-hybridized carbons (Fsp3) is 0.467. The van der Waals surface area contributed by atoms with Crippen molar-refractivity contribution in [3.63, 3.8) is 0 Å². The first-order valence-electron chi connectivity index (χ1n) is 6.61. The lowest BCUT2D eigenvalue weighted by Gasteiger charge is -2.07. The van der Waals surface area contributed by atoms with E-state index in [1.54, 1.807) is 6.92 Å². The van der Waals surface area contributed by atoms with Crippen LogP contribution in [0.3, 0.4) is 0 Å². The number of hydrogen-bond donors (Lipinski definition) is 0. The third-order valence-corrected chi connectivity index (χ3v) is 3.26. The van der Waals surface area contributed by atoms with E-state index in [0.717, 1.165) is 6.42 Å². The van der Waals surface area contributed by atoms with Gasteiger partial charge in [-0.2, -0.15) is 0 Å². The van der Waals surface area contributed by atoms with Crippen LogP contribution in [0.1, 0.15) is 25.3 Å². The SMILES string of the molecule is CCOC(=O)[C@H]1C[C@@H](CCc2ccccc2)C(=O)O1. The van der Waals surface area contributed by atoms with Crippen LogP contribution in [0.2, 0.25) is 0 Å². The Morgan fingerprint density at radius 2 is 2.11 bits per heavy atom. The number of esters is 2. The highest BCUT2D eigenvalue weighted by molar-refractivity contribution is 5.84. The number of rotatable bonds is 5. The zero-order valence-electron chi connectivity index (χ0n) is 11.0. The van der Waals surface area contributed by atoms with E-state index >= 15 is 0 Å². The van der Waals surface area contributed by atoms with E-state index in [4.69, 9.17) is 9.47 Å². The summed E-state index contributed by atoms with van der Waals surface area (Å²) in [6.07, 6.45) is 1.24. The fourth-order valence-electron chi connectivity index (χ4n) is 2.24. The molecule has 1 aromatic rings. The van der Waals surface area contributed by atoms with Crippen molar-refractivity contribution in [2.24, 2.45) is 5.92 Å². The molecule has 2 rings (SSSR count). The number of ether oxygens (including phenoxy) is 2. The van der Waals surface area contributed by atoms with Crippen molar-refractivity contribution in [1.29, 1.82) is 0 Å². The van der Waals surface area contributed by atoms with Gasteiger partial charge in [-0.05, 0) is 25.3 Å². The number of cyclic esters (lactones) is 1. The second-order valence-corrected chi connectivity index (χ2v) is 4.63. The Morgan fingerprint density at radius 1 is 1.37 bits per heavy atom. The number of carbonyl (C=O) groups excluding carboxylic acids is 2. The Morgan fingerprint density at radius 3 is 2.79 bits per heavy atom. The summed E-state index contributed by atoms with van der Waals surface area (Å²) in [4.78, 5) is 23.2. The van der Waals surface area contributed by atoms with Gasteiger partial charge in [0.05, 0.1) is 12.5 Å². The molecule has 0 radical (unpaired) electrons. The minimum Gasteiger partial charge on any atom is -0.463 e. The Hall–Kier alpha value is -1.84. The summed E-state index contributed by atoms with van der Waals surface area (Å²) in [5, 5.41) is 0. The van der Waals surface area contributed by atoms with Crippen LogP contribution < -0.4 is 0 Å². The third kappa shape index (κ3) is 3.56. The first-order valence-corrected chi connectivity index (χ1v) is 6.61. The summed E-state index contributed by atoms with van der Waals surface area (Å²) in [7, 11) is 0. The summed E-state index contributed by atoms with van der Waals surface area (Å²) < 4.78 is 9.93. The highest BCUT2D eigenvalue weighted by Crippen LogP contribution is 2.26. The molecule has 0 amide bonds. The normalized spacial score (nSPS) is 22.1. The van der Waals surface area contributed by atoms with Gasteiger partial charge in [0.1, 0.15) is 0 Å². The Bertz CT molecular complexity index is 441. The highest BCUT2D eigenvalue weighted by atomic mass is 16.6. The summed E-state index contributed by atoms with van der Waals surface area (Å²) in [6.45, 7) is 2.04. The van der Waals surface area contributed by atoms with Crippen molar-refractivity contribution in [3.05, 3.63) is 35.9 Å². The molecule has 1 aliphatic rings. The van der Waals surface area contributed by atoms with Crippen molar-refractivity contribution < 1.29 is 19.1 Å². The molecule has 0 bridgehead atoms. The number of benzene rings is 1. The summed E-state index contributed by atoms with van der Waals surface area (Å²) in [6, 6.07) is 9.98. The predicted molar refractivity (Wildman–Crippen MR) is 69.4 cm³/mol. The second-order valence-electron chi connectivity index (χ2n) is 4.63. The van der Waals surface area contributed by atoms with E-state index in [1.165, 1.54) is 5.56 Å².